The molecule has 0 saturated heterocycles. The lowest BCUT2D eigenvalue weighted by Crippen LogP contribution is -2.59. The van der Waals surface area contributed by atoms with Crippen LogP contribution >= 0.6 is 0 Å². The minimum atomic E-state index is 0.0558. The molecule has 21 heavy (non-hydrogen) atoms. The Kier molecular flexibility index (Phi) is 2.94. The number of hydrogen-bond donors (Lipinski definition) is 0. The normalized spacial score (nSPS) is 53.0. The maximum atomic E-state index is 13.0. The van der Waals surface area contributed by atoms with Crippen LogP contribution in [0.4, 0.5) is 0 Å². The molecule has 4 aliphatic carbocycles. The van der Waals surface area contributed by atoms with Gasteiger partial charge in [-0.2, -0.15) is 0 Å². The van der Waals surface area contributed by atoms with Crippen molar-refractivity contribution < 1.29 is 9.59 Å². The first-order valence-electron chi connectivity index (χ1n) is 9.01. The molecule has 2 heteroatoms. The minimum Gasteiger partial charge on any atom is -0.299 e. The van der Waals surface area contributed by atoms with Gasteiger partial charge in [0.15, 0.2) is 0 Å². The highest BCUT2D eigenvalue weighted by molar-refractivity contribution is 5.94. The first kappa shape index (κ1) is 14.0. The van der Waals surface area contributed by atoms with Gasteiger partial charge in [0.25, 0.3) is 0 Å². The van der Waals surface area contributed by atoms with E-state index < -0.39 is 0 Å². The second-order valence-electron chi connectivity index (χ2n) is 8.92. The fraction of sp³-hybridized carbons (Fsp3) is 0.895. The summed E-state index contributed by atoms with van der Waals surface area (Å²) >= 11 is 0. The largest absolute Gasteiger partial charge is 0.299 e. The summed E-state index contributed by atoms with van der Waals surface area (Å²) in [4.78, 5) is 25.9. The second-order valence-corrected chi connectivity index (χ2v) is 8.92. The van der Waals surface area contributed by atoms with E-state index in [0.717, 1.165) is 19.3 Å². The van der Waals surface area contributed by atoms with Crippen LogP contribution in [0, 0.1) is 34.5 Å². The Labute approximate surface area is 128 Å². The van der Waals surface area contributed by atoms with Crippen LogP contribution in [0.2, 0.25) is 0 Å². The van der Waals surface area contributed by atoms with Crippen LogP contribution in [0.5, 0.6) is 0 Å². The summed E-state index contributed by atoms with van der Waals surface area (Å²) in [6, 6.07) is 0. The van der Waals surface area contributed by atoms with E-state index in [2.05, 4.69) is 13.8 Å². The van der Waals surface area contributed by atoms with E-state index in [9.17, 15) is 9.59 Å². The van der Waals surface area contributed by atoms with Crippen molar-refractivity contribution in [1.82, 2.24) is 0 Å². The number of carbonyl (C=O) groups is 2. The van der Waals surface area contributed by atoms with E-state index in [4.69, 9.17) is 0 Å². The molecule has 2 nitrogen and oxygen atoms in total. The van der Waals surface area contributed by atoms with Gasteiger partial charge in [0.2, 0.25) is 0 Å². The minimum absolute atomic E-state index is 0.0558. The average Bonchev–Trinajstić information content (AvgIpc) is 2.80. The molecule has 4 saturated carbocycles. The number of hydrogen-bond acceptors (Lipinski definition) is 2. The van der Waals surface area contributed by atoms with Crippen LogP contribution in [-0.2, 0) is 9.59 Å². The molecule has 4 aliphatic rings. The number of rotatable bonds is 0. The van der Waals surface area contributed by atoms with Crippen LogP contribution in [0.15, 0.2) is 0 Å². The zero-order valence-electron chi connectivity index (χ0n) is 13.5. The number of carbonyl (C=O) groups excluding carboxylic acids is 2. The molecule has 0 amide bonds. The summed E-state index contributed by atoms with van der Waals surface area (Å²) in [7, 11) is 0. The first-order valence-corrected chi connectivity index (χ1v) is 9.01. The Morgan fingerprint density at radius 3 is 2.57 bits per heavy atom. The smallest absolute Gasteiger partial charge is 0.137 e. The summed E-state index contributed by atoms with van der Waals surface area (Å²) in [6.07, 6.45) is 9.89. The SMILES string of the molecule is CC12CCCC1C1C(=O)CC3CCCCC3(C)C1C(=O)C2. The van der Waals surface area contributed by atoms with Crippen molar-refractivity contribution in [2.75, 3.05) is 0 Å². The fourth-order valence-corrected chi connectivity index (χ4v) is 6.78. The highest BCUT2D eigenvalue weighted by Crippen LogP contribution is 2.64. The summed E-state index contributed by atoms with van der Waals surface area (Å²) < 4.78 is 0. The Bertz CT molecular complexity index is 496. The van der Waals surface area contributed by atoms with Gasteiger partial charge in [0.05, 0.1) is 0 Å². The molecule has 116 valence electrons. The van der Waals surface area contributed by atoms with Gasteiger partial charge in [0, 0.05) is 24.7 Å². The predicted octanol–water partition coefficient (Wildman–Crippen LogP) is 4.17. The maximum absolute atomic E-state index is 13.0. The second kappa shape index (κ2) is 4.43. The third-order valence-electron chi connectivity index (χ3n) is 7.86. The summed E-state index contributed by atoms with van der Waals surface area (Å²) in [5, 5.41) is 0. The van der Waals surface area contributed by atoms with E-state index in [1.807, 2.05) is 0 Å². The third-order valence-corrected chi connectivity index (χ3v) is 7.86. The van der Waals surface area contributed by atoms with E-state index in [1.165, 1.54) is 38.5 Å². The molecule has 0 aromatic rings. The highest BCUT2D eigenvalue weighted by atomic mass is 16.1. The molecule has 0 aliphatic heterocycles. The van der Waals surface area contributed by atoms with E-state index in [0.29, 0.717) is 23.4 Å². The lowest BCUT2D eigenvalue weighted by atomic mass is 9.45. The molecule has 4 fully saturated rings. The standard InChI is InChI=1S/C19H28O2/c1-18-8-5-7-13(18)16-14(20)10-12-6-3-4-9-19(12,2)17(16)15(21)11-18/h12-13,16-17H,3-11H2,1-2H3. The monoisotopic (exact) mass is 288 g/mol. The maximum Gasteiger partial charge on any atom is 0.137 e. The summed E-state index contributed by atoms with van der Waals surface area (Å²) in [6.45, 7) is 4.62. The molecule has 0 aromatic heterocycles. The fourth-order valence-electron chi connectivity index (χ4n) is 6.78. The van der Waals surface area contributed by atoms with E-state index in [1.54, 1.807) is 0 Å². The molecular weight excluding hydrogens is 260 g/mol. The lowest BCUT2D eigenvalue weighted by Gasteiger charge is -2.57. The number of Topliss-reactive ketones (excluding diaryl/α,β-unsaturated/α-hetero) is 2. The Balaban J connectivity index is 1.77. The van der Waals surface area contributed by atoms with Gasteiger partial charge in [-0.1, -0.05) is 33.1 Å². The zero-order valence-corrected chi connectivity index (χ0v) is 13.5. The summed E-state index contributed by atoms with van der Waals surface area (Å²) in [5.41, 5.74) is 0.254. The topological polar surface area (TPSA) is 34.1 Å². The molecule has 6 atom stereocenters. The molecular formula is C19H28O2. The Hall–Kier alpha value is -0.660. The van der Waals surface area contributed by atoms with Crippen molar-refractivity contribution in [2.24, 2.45) is 34.5 Å². The molecule has 0 spiro atoms. The van der Waals surface area contributed by atoms with Crippen LogP contribution in [0.3, 0.4) is 0 Å². The van der Waals surface area contributed by atoms with Crippen molar-refractivity contribution in [1.29, 1.82) is 0 Å². The van der Waals surface area contributed by atoms with E-state index in [-0.39, 0.29) is 22.7 Å². The van der Waals surface area contributed by atoms with Crippen LogP contribution < -0.4 is 0 Å². The molecule has 0 radical (unpaired) electrons. The molecule has 0 heterocycles. The first-order chi connectivity index (χ1) is 9.96. The molecule has 6 unspecified atom stereocenters. The molecule has 0 aromatic carbocycles. The molecule has 4 rings (SSSR count). The van der Waals surface area contributed by atoms with Crippen molar-refractivity contribution in [3.8, 4) is 0 Å². The number of fused-ring (bicyclic) bond motifs is 5. The number of ketones is 2. The van der Waals surface area contributed by atoms with Gasteiger partial charge in [0.1, 0.15) is 11.6 Å². The van der Waals surface area contributed by atoms with Crippen molar-refractivity contribution in [3.05, 3.63) is 0 Å². The van der Waals surface area contributed by atoms with Gasteiger partial charge < -0.3 is 0 Å². The van der Waals surface area contributed by atoms with Gasteiger partial charge in [-0.3, -0.25) is 9.59 Å². The zero-order chi connectivity index (χ0) is 14.8. The Morgan fingerprint density at radius 1 is 0.952 bits per heavy atom. The summed E-state index contributed by atoms with van der Waals surface area (Å²) in [5.74, 6) is 1.97. The predicted molar refractivity (Wildman–Crippen MR) is 81.7 cm³/mol. The van der Waals surface area contributed by atoms with Crippen LogP contribution in [0.1, 0.15) is 71.6 Å². The quantitative estimate of drug-likeness (QED) is 0.670. The van der Waals surface area contributed by atoms with Gasteiger partial charge >= 0.3 is 0 Å². The average molecular weight is 288 g/mol. The third kappa shape index (κ3) is 1.77. The van der Waals surface area contributed by atoms with Crippen molar-refractivity contribution >= 4 is 11.6 Å². The van der Waals surface area contributed by atoms with Gasteiger partial charge in [-0.15, -0.1) is 0 Å². The van der Waals surface area contributed by atoms with Crippen LogP contribution in [-0.4, -0.2) is 11.6 Å². The van der Waals surface area contributed by atoms with E-state index >= 15 is 0 Å². The molecule has 0 bridgehead atoms. The van der Waals surface area contributed by atoms with Crippen molar-refractivity contribution in [2.45, 2.75) is 71.6 Å². The lowest BCUT2D eigenvalue weighted by molar-refractivity contribution is -0.165. The Morgan fingerprint density at radius 2 is 1.76 bits per heavy atom. The highest BCUT2D eigenvalue weighted by Gasteiger charge is 2.63. The van der Waals surface area contributed by atoms with Crippen LogP contribution in [0.25, 0.3) is 0 Å². The van der Waals surface area contributed by atoms with Crippen molar-refractivity contribution in [3.63, 3.8) is 0 Å². The van der Waals surface area contributed by atoms with Gasteiger partial charge in [-0.05, 0) is 48.3 Å². The molecule has 0 N–H and O–H groups in total. The van der Waals surface area contributed by atoms with Gasteiger partial charge in [-0.25, -0.2) is 0 Å².